The lowest BCUT2D eigenvalue weighted by molar-refractivity contribution is 0.0169. The molecule has 0 aliphatic carbocycles. The molecule has 2 unspecified atom stereocenters. The maximum absolute atomic E-state index is 10.6. The Morgan fingerprint density at radius 1 is 1.11 bits per heavy atom. The number of terminal acetylenes is 1. The van der Waals surface area contributed by atoms with Gasteiger partial charge < -0.3 is 19.3 Å². The van der Waals surface area contributed by atoms with Crippen molar-refractivity contribution in [3.8, 4) is 41.0 Å². The molecule has 0 spiro atoms. The van der Waals surface area contributed by atoms with Gasteiger partial charge in [-0.1, -0.05) is 43.2 Å². The molecule has 1 N–H and O–H groups in total. The van der Waals surface area contributed by atoms with E-state index in [-0.39, 0.29) is 19.3 Å². The first-order valence-electron chi connectivity index (χ1n) is 11.8. The molecule has 0 saturated heterocycles. The van der Waals surface area contributed by atoms with Gasteiger partial charge in [0.05, 0.1) is 25.4 Å². The fourth-order valence-electron chi connectivity index (χ4n) is 3.84. The zero-order chi connectivity index (χ0) is 25.2. The van der Waals surface area contributed by atoms with Crippen molar-refractivity contribution >= 4 is 0 Å². The summed E-state index contributed by atoms with van der Waals surface area (Å²) in [6.07, 6.45) is 5.52. The molecular formula is C28H35N3O4. The number of nitrogens with zero attached hydrogens (tertiary/aromatic N) is 3. The van der Waals surface area contributed by atoms with Crippen molar-refractivity contribution < 1.29 is 19.3 Å². The van der Waals surface area contributed by atoms with Gasteiger partial charge in [0.2, 0.25) is 5.88 Å². The summed E-state index contributed by atoms with van der Waals surface area (Å²) in [7, 11) is 3.52. The smallest absolute Gasteiger partial charge is 0.222 e. The molecule has 1 heterocycles. The highest BCUT2D eigenvalue weighted by Crippen LogP contribution is 2.35. The van der Waals surface area contributed by atoms with E-state index in [4.69, 9.17) is 25.7 Å². The van der Waals surface area contributed by atoms with Gasteiger partial charge in [-0.2, -0.15) is 5.10 Å². The Morgan fingerprint density at radius 2 is 1.80 bits per heavy atom. The van der Waals surface area contributed by atoms with Crippen molar-refractivity contribution in [2.45, 2.75) is 39.0 Å². The molecule has 0 aliphatic rings. The van der Waals surface area contributed by atoms with Crippen LogP contribution in [0.5, 0.6) is 17.4 Å². The van der Waals surface area contributed by atoms with E-state index in [9.17, 15) is 5.11 Å². The highest BCUT2D eigenvalue weighted by atomic mass is 16.5. The minimum Gasteiger partial charge on any atom is -0.497 e. The number of methoxy groups -OCH3 is 1. The van der Waals surface area contributed by atoms with Crippen molar-refractivity contribution in [3.05, 3.63) is 60.2 Å². The average Bonchev–Trinajstić information content (AvgIpc) is 3.18. The monoisotopic (exact) mass is 477 g/mol. The molecule has 0 saturated carbocycles. The number of aryl methyl sites for hydroxylation is 1. The molecule has 0 fully saturated rings. The lowest BCUT2D eigenvalue weighted by atomic mass is 10.1. The van der Waals surface area contributed by atoms with Crippen LogP contribution >= 0.6 is 0 Å². The third-order valence-corrected chi connectivity index (χ3v) is 5.93. The molecule has 0 amide bonds. The minimum absolute atomic E-state index is 0.182. The molecule has 35 heavy (non-hydrogen) atoms. The van der Waals surface area contributed by atoms with Crippen LogP contribution in [-0.4, -0.2) is 58.8 Å². The first kappa shape index (κ1) is 26.3. The number of rotatable bonds is 13. The molecule has 0 aliphatic heterocycles. The molecule has 7 heteroatoms. The van der Waals surface area contributed by atoms with E-state index in [1.165, 1.54) is 0 Å². The third kappa shape index (κ3) is 7.09. The zero-order valence-electron chi connectivity index (χ0n) is 21.0. The van der Waals surface area contributed by atoms with Crippen LogP contribution in [-0.2, 0) is 18.3 Å². The van der Waals surface area contributed by atoms with Crippen LogP contribution < -0.4 is 9.47 Å². The van der Waals surface area contributed by atoms with E-state index in [1.54, 1.807) is 11.8 Å². The van der Waals surface area contributed by atoms with Gasteiger partial charge in [0.15, 0.2) is 0 Å². The number of hydrogen-bond acceptors (Lipinski definition) is 6. The standard InChI is InChI=1S/C28H35N3O4/c1-6-17-34-20-23(32)18-31(21(3)7-2)19-26-27(22-11-9-8-10-12-22)29-30(4)28(26)35-25-15-13-24(33-5)14-16-25/h1,8-16,21,23,32H,7,17-20H2,2-5H3. The van der Waals surface area contributed by atoms with Crippen LogP contribution in [0, 0.1) is 12.3 Å². The van der Waals surface area contributed by atoms with Gasteiger partial charge in [0, 0.05) is 31.7 Å². The molecule has 186 valence electrons. The molecule has 0 radical (unpaired) electrons. The third-order valence-electron chi connectivity index (χ3n) is 5.93. The summed E-state index contributed by atoms with van der Waals surface area (Å²) in [5.41, 5.74) is 2.80. The summed E-state index contributed by atoms with van der Waals surface area (Å²) < 4.78 is 18.7. The number of aliphatic hydroxyl groups is 1. The molecule has 7 nitrogen and oxygen atoms in total. The van der Waals surface area contributed by atoms with E-state index in [0.717, 1.165) is 29.0 Å². The van der Waals surface area contributed by atoms with Gasteiger partial charge >= 0.3 is 0 Å². The quantitative estimate of drug-likeness (QED) is 0.289. The van der Waals surface area contributed by atoms with E-state index in [2.05, 4.69) is 24.7 Å². The lowest BCUT2D eigenvalue weighted by Gasteiger charge is -2.30. The van der Waals surface area contributed by atoms with E-state index < -0.39 is 6.10 Å². The summed E-state index contributed by atoms with van der Waals surface area (Å²) in [5, 5.41) is 15.4. The molecular weight excluding hydrogens is 442 g/mol. The average molecular weight is 478 g/mol. The molecule has 0 bridgehead atoms. The number of hydrogen-bond donors (Lipinski definition) is 1. The second kappa shape index (κ2) is 13.0. The van der Waals surface area contributed by atoms with Gasteiger partial charge in [0.1, 0.15) is 23.8 Å². The number of benzene rings is 2. The van der Waals surface area contributed by atoms with Crippen molar-refractivity contribution in [3.63, 3.8) is 0 Å². The summed E-state index contributed by atoms with van der Waals surface area (Å²) >= 11 is 0. The largest absolute Gasteiger partial charge is 0.497 e. The fraction of sp³-hybridized carbons (Fsp3) is 0.393. The number of ether oxygens (including phenoxy) is 3. The minimum atomic E-state index is -0.667. The van der Waals surface area contributed by atoms with Crippen LogP contribution in [0.25, 0.3) is 11.3 Å². The predicted molar refractivity (Wildman–Crippen MR) is 138 cm³/mol. The molecule has 2 aromatic carbocycles. The summed E-state index contributed by atoms with van der Waals surface area (Å²) in [5.74, 6) is 4.54. The topological polar surface area (TPSA) is 69.0 Å². The van der Waals surface area contributed by atoms with E-state index >= 15 is 0 Å². The lowest BCUT2D eigenvalue weighted by Crippen LogP contribution is -2.40. The number of aromatic nitrogens is 2. The van der Waals surface area contributed by atoms with Gasteiger partial charge in [-0.25, -0.2) is 4.68 Å². The molecule has 3 aromatic rings. The van der Waals surface area contributed by atoms with Gasteiger partial charge in [0.25, 0.3) is 0 Å². The highest BCUT2D eigenvalue weighted by molar-refractivity contribution is 5.65. The van der Waals surface area contributed by atoms with Crippen molar-refractivity contribution in [1.82, 2.24) is 14.7 Å². The van der Waals surface area contributed by atoms with Crippen LogP contribution in [0.4, 0.5) is 0 Å². The van der Waals surface area contributed by atoms with E-state index in [1.807, 2.05) is 61.6 Å². The summed E-state index contributed by atoms with van der Waals surface area (Å²) in [6.45, 7) is 5.63. The maximum atomic E-state index is 10.6. The van der Waals surface area contributed by atoms with Crippen molar-refractivity contribution in [2.24, 2.45) is 7.05 Å². The normalized spacial score (nSPS) is 12.8. The first-order valence-corrected chi connectivity index (χ1v) is 11.8. The highest BCUT2D eigenvalue weighted by Gasteiger charge is 2.25. The molecule has 1 aromatic heterocycles. The Hall–Kier alpha value is -3.31. The van der Waals surface area contributed by atoms with Gasteiger partial charge in [-0.15, -0.1) is 6.42 Å². The van der Waals surface area contributed by atoms with Crippen LogP contribution in [0.2, 0.25) is 0 Å². The second-order valence-corrected chi connectivity index (χ2v) is 8.46. The Balaban J connectivity index is 1.96. The zero-order valence-corrected chi connectivity index (χ0v) is 21.0. The Labute approximate surface area is 208 Å². The van der Waals surface area contributed by atoms with Crippen molar-refractivity contribution in [1.29, 1.82) is 0 Å². The van der Waals surface area contributed by atoms with Crippen LogP contribution in [0.1, 0.15) is 25.8 Å². The summed E-state index contributed by atoms with van der Waals surface area (Å²) in [4.78, 5) is 2.23. The molecule has 2 atom stereocenters. The van der Waals surface area contributed by atoms with E-state index in [0.29, 0.717) is 24.7 Å². The second-order valence-electron chi connectivity index (χ2n) is 8.46. The maximum Gasteiger partial charge on any atom is 0.222 e. The van der Waals surface area contributed by atoms with Gasteiger partial charge in [-0.3, -0.25) is 4.90 Å². The number of aliphatic hydroxyl groups excluding tert-OH is 1. The summed E-state index contributed by atoms with van der Waals surface area (Å²) in [6, 6.07) is 17.7. The predicted octanol–water partition coefficient (Wildman–Crippen LogP) is 4.50. The van der Waals surface area contributed by atoms with Crippen LogP contribution in [0.15, 0.2) is 54.6 Å². The fourth-order valence-corrected chi connectivity index (χ4v) is 3.84. The van der Waals surface area contributed by atoms with Crippen molar-refractivity contribution in [2.75, 3.05) is 26.9 Å². The Morgan fingerprint density at radius 3 is 2.43 bits per heavy atom. The Bertz CT molecular complexity index is 1090. The van der Waals surface area contributed by atoms with Crippen LogP contribution in [0.3, 0.4) is 0 Å². The first-order chi connectivity index (χ1) is 17.0. The molecule has 3 rings (SSSR count). The Kier molecular flexibility index (Phi) is 9.74. The SMILES string of the molecule is C#CCOCC(O)CN(Cc1c(-c2ccccc2)nn(C)c1Oc1ccc(OC)cc1)C(C)CC. The van der Waals surface area contributed by atoms with Gasteiger partial charge in [-0.05, 0) is 37.6 Å².